The number of carbonyl (C=O) groups is 2. The number of fused-ring (bicyclic) bond motifs is 1. The highest BCUT2D eigenvalue weighted by molar-refractivity contribution is 6.04. The number of hydrazone groups is 1. The lowest BCUT2D eigenvalue weighted by Gasteiger charge is -2.22. The average molecular weight is 497 g/mol. The minimum atomic E-state index is -0.799. The van der Waals surface area contributed by atoms with E-state index in [1.54, 1.807) is 31.4 Å². The molecule has 186 valence electrons. The highest BCUT2D eigenvalue weighted by atomic mass is 16.5. The predicted octanol–water partition coefficient (Wildman–Crippen LogP) is 3.48. The fourth-order valence-corrected chi connectivity index (χ4v) is 4.34. The van der Waals surface area contributed by atoms with E-state index in [0.717, 1.165) is 21.5 Å². The number of aromatic nitrogens is 2. The topological polar surface area (TPSA) is 103 Å². The third-order valence-corrected chi connectivity index (χ3v) is 6.25. The Balaban J connectivity index is 1.40. The fourth-order valence-electron chi connectivity index (χ4n) is 4.34. The quantitative estimate of drug-likeness (QED) is 0.379. The van der Waals surface area contributed by atoms with Gasteiger partial charge in [0, 0.05) is 18.9 Å². The number of methoxy groups -OCH3 is 1. The van der Waals surface area contributed by atoms with Crippen molar-refractivity contribution in [2.24, 2.45) is 12.1 Å². The van der Waals surface area contributed by atoms with Crippen LogP contribution in [0.15, 0.2) is 88.8 Å². The van der Waals surface area contributed by atoms with E-state index in [0.29, 0.717) is 22.9 Å². The number of hydrogen-bond donors (Lipinski definition) is 0. The van der Waals surface area contributed by atoms with E-state index in [2.05, 4.69) is 10.2 Å². The summed E-state index contributed by atoms with van der Waals surface area (Å²) in [7, 11) is 3.05. The molecule has 4 aromatic rings. The Hall–Kier alpha value is -4.79. The first kappa shape index (κ1) is 23.9. The van der Waals surface area contributed by atoms with Crippen LogP contribution in [-0.2, 0) is 16.6 Å². The van der Waals surface area contributed by atoms with Crippen molar-refractivity contribution in [2.45, 2.75) is 12.5 Å². The molecule has 0 N–H and O–H groups in total. The molecule has 5 rings (SSSR count). The van der Waals surface area contributed by atoms with Gasteiger partial charge in [-0.25, -0.2) is 14.5 Å². The van der Waals surface area contributed by atoms with Gasteiger partial charge in [-0.15, -0.1) is 0 Å². The van der Waals surface area contributed by atoms with Crippen LogP contribution in [0.2, 0.25) is 0 Å². The van der Waals surface area contributed by atoms with Crippen molar-refractivity contribution >= 4 is 28.4 Å². The highest BCUT2D eigenvalue weighted by Gasteiger charge is 2.34. The van der Waals surface area contributed by atoms with Crippen molar-refractivity contribution in [1.82, 2.24) is 14.8 Å². The Morgan fingerprint density at radius 2 is 1.62 bits per heavy atom. The molecule has 0 saturated heterocycles. The third-order valence-electron chi connectivity index (χ3n) is 6.25. The lowest BCUT2D eigenvalue weighted by Crippen LogP contribution is -2.32. The number of carbonyl (C=O) groups excluding carboxylic acids is 2. The van der Waals surface area contributed by atoms with Crippen molar-refractivity contribution < 1.29 is 19.1 Å². The maximum atomic E-state index is 13.3. The number of rotatable bonds is 6. The van der Waals surface area contributed by atoms with Gasteiger partial charge >= 0.3 is 5.97 Å². The van der Waals surface area contributed by atoms with Gasteiger partial charge in [-0.05, 0) is 29.3 Å². The smallest absolute Gasteiger partial charge is 0.359 e. The lowest BCUT2D eigenvalue weighted by atomic mass is 9.98. The Kier molecular flexibility index (Phi) is 6.51. The Labute approximate surface area is 212 Å². The lowest BCUT2D eigenvalue weighted by molar-refractivity contribution is -0.136. The van der Waals surface area contributed by atoms with Gasteiger partial charge < -0.3 is 9.47 Å². The zero-order valence-corrected chi connectivity index (χ0v) is 20.3. The summed E-state index contributed by atoms with van der Waals surface area (Å²) < 4.78 is 11.7. The molecule has 1 amide bonds. The average Bonchev–Trinajstić information content (AvgIpc) is 3.40. The molecule has 0 spiro atoms. The molecule has 0 aliphatic carbocycles. The van der Waals surface area contributed by atoms with E-state index in [-0.39, 0.29) is 17.3 Å². The van der Waals surface area contributed by atoms with Gasteiger partial charge in [0.05, 0.1) is 24.2 Å². The summed E-state index contributed by atoms with van der Waals surface area (Å²) in [5, 5.41) is 10.7. The first-order valence-electron chi connectivity index (χ1n) is 11.7. The van der Waals surface area contributed by atoms with Crippen LogP contribution in [0.3, 0.4) is 0 Å². The molecule has 0 bridgehead atoms. The van der Waals surface area contributed by atoms with Crippen LogP contribution in [-0.4, -0.2) is 46.1 Å². The van der Waals surface area contributed by atoms with Gasteiger partial charge in [-0.2, -0.15) is 10.2 Å². The van der Waals surface area contributed by atoms with Gasteiger partial charge in [0.2, 0.25) is 0 Å². The third kappa shape index (κ3) is 4.71. The van der Waals surface area contributed by atoms with Gasteiger partial charge in [0.25, 0.3) is 11.5 Å². The first-order chi connectivity index (χ1) is 18.0. The van der Waals surface area contributed by atoms with E-state index in [1.807, 2.05) is 54.6 Å². The number of hydrogen-bond acceptors (Lipinski definition) is 7. The molecule has 0 fully saturated rings. The van der Waals surface area contributed by atoms with Crippen LogP contribution in [0.25, 0.3) is 10.8 Å². The van der Waals surface area contributed by atoms with Crippen LogP contribution in [0.1, 0.15) is 34.1 Å². The number of benzene rings is 3. The summed E-state index contributed by atoms with van der Waals surface area (Å²) in [6.45, 7) is -0.532. The van der Waals surface area contributed by atoms with E-state index in [4.69, 9.17) is 9.47 Å². The fraction of sp³-hybridized carbons (Fsp3) is 0.179. The van der Waals surface area contributed by atoms with Crippen molar-refractivity contribution in [1.29, 1.82) is 0 Å². The second kappa shape index (κ2) is 10.1. The molecule has 0 unspecified atom stereocenters. The SMILES string of the molecule is COc1ccc([C@@H]2CC(c3ccccc3)=NN2C(=O)COC(=O)c2nn(C)c(=O)c3ccccc23)cc1. The maximum absolute atomic E-state index is 13.3. The number of esters is 1. The van der Waals surface area contributed by atoms with Crippen LogP contribution in [0.5, 0.6) is 5.75 Å². The maximum Gasteiger partial charge on any atom is 0.359 e. The monoisotopic (exact) mass is 496 g/mol. The van der Waals surface area contributed by atoms with Gasteiger partial charge in [0.15, 0.2) is 12.3 Å². The number of amides is 1. The summed E-state index contributed by atoms with van der Waals surface area (Å²) in [5.74, 6) is -0.573. The van der Waals surface area contributed by atoms with Crippen molar-refractivity contribution in [3.8, 4) is 5.75 Å². The molecule has 1 aliphatic heterocycles. The van der Waals surface area contributed by atoms with Crippen LogP contribution in [0.4, 0.5) is 0 Å². The molecule has 9 heteroatoms. The molecule has 0 radical (unpaired) electrons. The number of ether oxygens (including phenoxy) is 2. The molecule has 0 saturated carbocycles. The number of aryl methyl sites for hydroxylation is 1. The standard InChI is InChI=1S/C28H24N4O5/c1-31-27(34)22-11-7-6-10-21(22)26(30-31)28(35)37-17-25(33)32-24(19-12-14-20(36-2)15-13-19)16-23(29-32)18-8-4-3-5-9-18/h3-15,24H,16-17H2,1-2H3/t24-/m0/s1. The largest absolute Gasteiger partial charge is 0.497 e. The van der Waals surface area contributed by atoms with Gasteiger partial charge in [-0.1, -0.05) is 60.7 Å². The molecule has 9 nitrogen and oxygen atoms in total. The van der Waals surface area contributed by atoms with Crippen LogP contribution >= 0.6 is 0 Å². The molecular weight excluding hydrogens is 472 g/mol. The van der Waals surface area contributed by atoms with Crippen molar-refractivity contribution in [3.63, 3.8) is 0 Å². The summed E-state index contributed by atoms with van der Waals surface area (Å²) in [5.41, 5.74) is 2.18. The summed E-state index contributed by atoms with van der Waals surface area (Å²) in [6, 6.07) is 23.3. The predicted molar refractivity (Wildman–Crippen MR) is 137 cm³/mol. The Morgan fingerprint density at radius 3 is 2.32 bits per heavy atom. The molecule has 1 aromatic heterocycles. The van der Waals surface area contributed by atoms with Crippen LogP contribution in [0, 0.1) is 0 Å². The Morgan fingerprint density at radius 1 is 0.946 bits per heavy atom. The van der Waals surface area contributed by atoms with Crippen molar-refractivity contribution in [2.75, 3.05) is 13.7 Å². The summed E-state index contributed by atoms with van der Waals surface area (Å²) in [4.78, 5) is 38.6. The van der Waals surface area contributed by atoms with E-state index < -0.39 is 18.5 Å². The molecule has 37 heavy (non-hydrogen) atoms. The molecule has 3 aromatic carbocycles. The molecule has 1 atom stereocenters. The van der Waals surface area contributed by atoms with Crippen LogP contribution < -0.4 is 10.3 Å². The normalized spacial score (nSPS) is 14.9. The van der Waals surface area contributed by atoms with E-state index in [9.17, 15) is 14.4 Å². The summed E-state index contributed by atoms with van der Waals surface area (Å²) >= 11 is 0. The minimum absolute atomic E-state index is 0.0351. The summed E-state index contributed by atoms with van der Waals surface area (Å²) in [6.07, 6.45) is 0.503. The first-order valence-corrected chi connectivity index (χ1v) is 11.7. The van der Waals surface area contributed by atoms with Gasteiger partial charge in [-0.3, -0.25) is 9.59 Å². The number of nitrogens with zero attached hydrogens (tertiary/aromatic N) is 4. The zero-order chi connectivity index (χ0) is 25.9. The van der Waals surface area contributed by atoms with E-state index >= 15 is 0 Å². The molecular formula is C28H24N4O5. The second-order valence-electron chi connectivity index (χ2n) is 8.54. The van der Waals surface area contributed by atoms with Crippen molar-refractivity contribution in [3.05, 3.63) is 106 Å². The molecule has 1 aliphatic rings. The zero-order valence-electron chi connectivity index (χ0n) is 20.3. The molecule has 2 heterocycles. The Bertz CT molecular complexity index is 1560. The minimum Gasteiger partial charge on any atom is -0.497 e. The van der Waals surface area contributed by atoms with E-state index in [1.165, 1.54) is 12.1 Å². The second-order valence-corrected chi connectivity index (χ2v) is 8.54. The van der Waals surface area contributed by atoms with Gasteiger partial charge in [0.1, 0.15) is 5.75 Å². The highest BCUT2D eigenvalue weighted by Crippen LogP contribution is 2.33.